The highest BCUT2D eigenvalue weighted by molar-refractivity contribution is 6.01. The summed E-state index contributed by atoms with van der Waals surface area (Å²) in [7, 11) is 0. The van der Waals surface area contributed by atoms with Gasteiger partial charge in [-0.15, -0.1) is 0 Å². The summed E-state index contributed by atoms with van der Waals surface area (Å²) in [5.41, 5.74) is 0.561. The molecule has 1 aliphatic heterocycles. The summed E-state index contributed by atoms with van der Waals surface area (Å²) in [6.07, 6.45) is 5.09. The van der Waals surface area contributed by atoms with Gasteiger partial charge in [-0.3, -0.25) is 9.89 Å². The van der Waals surface area contributed by atoms with Crippen molar-refractivity contribution in [3.8, 4) is 0 Å². The Morgan fingerprint density at radius 1 is 1.56 bits per heavy atom. The Morgan fingerprint density at radius 3 is 3.22 bits per heavy atom. The van der Waals surface area contributed by atoms with E-state index in [0.29, 0.717) is 11.6 Å². The van der Waals surface area contributed by atoms with Crippen molar-refractivity contribution in [1.29, 1.82) is 0 Å². The van der Waals surface area contributed by atoms with Gasteiger partial charge in [0.2, 0.25) is 5.89 Å². The summed E-state index contributed by atoms with van der Waals surface area (Å²) in [4.78, 5) is 15.9. The predicted octanol–water partition coefficient (Wildman–Crippen LogP) is 0.469. The molecule has 2 aromatic rings. The Morgan fingerprint density at radius 2 is 2.50 bits per heavy atom. The van der Waals surface area contributed by atoms with Crippen molar-refractivity contribution >= 4 is 11.6 Å². The van der Waals surface area contributed by atoms with Gasteiger partial charge in [0.15, 0.2) is 0 Å². The van der Waals surface area contributed by atoms with Crippen molar-refractivity contribution in [3.63, 3.8) is 0 Å². The number of aromatic amines is 1. The Kier molecular flexibility index (Phi) is 2.77. The fraction of sp³-hybridized carbons (Fsp3) is 0.400. The highest BCUT2D eigenvalue weighted by Gasteiger charge is 2.24. The van der Waals surface area contributed by atoms with Crippen LogP contribution in [-0.2, 0) is 0 Å². The minimum atomic E-state index is -0.413. The standard InChI is InChI=1S/C10H12N6O2/c17-9(14-6-4-12-13-5-6)8-15-10(18-16-8)7-2-1-3-11-7/h4-5,7,11H,1-3H2,(H,12,13)(H,14,17). The molecule has 3 N–H and O–H groups in total. The molecule has 1 amide bonds. The van der Waals surface area contributed by atoms with Crippen molar-refractivity contribution < 1.29 is 9.32 Å². The lowest BCUT2D eigenvalue weighted by atomic mass is 10.2. The summed E-state index contributed by atoms with van der Waals surface area (Å²) < 4.78 is 5.08. The van der Waals surface area contributed by atoms with Gasteiger partial charge in [-0.1, -0.05) is 5.16 Å². The molecule has 8 nitrogen and oxygen atoms in total. The molecule has 8 heteroatoms. The first-order valence-corrected chi connectivity index (χ1v) is 5.70. The average molecular weight is 248 g/mol. The summed E-state index contributed by atoms with van der Waals surface area (Å²) in [5, 5.41) is 15.8. The quantitative estimate of drug-likeness (QED) is 0.728. The van der Waals surface area contributed by atoms with Crippen LogP contribution >= 0.6 is 0 Å². The first-order valence-electron chi connectivity index (χ1n) is 5.70. The molecule has 0 radical (unpaired) electrons. The Balaban J connectivity index is 1.70. The maximum Gasteiger partial charge on any atom is 0.297 e. The van der Waals surface area contributed by atoms with Crippen molar-refractivity contribution in [2.75, 3.05) is 11.9 Å². The molecule has 94 valence electrons. The van der Waals surface area contributed by atoms with Gasteiger partial charge in [0.05, 0.1) is 17.9 Å². The Bertz CT molecular complexity index is 528. The van der Waals surface area contributed by atoms with Crippen LogP contribution in [0.25, 0.3) is 0 Å². The van der Waals surface area contributed by atoms with Crippen LogP contribution < -0.4 is 10.6 Å². The van der Waals surface area contributed by atoms with E-state index in [1.165, 1.54) is 6.20 Å². The van der Waals surface area contributed by atoms with Gasteiger partial charge in [0.1, 0.15) is 0 Å². The number of amides is 1. The lowest BCUT2D eigenvalue weighted by Crippen LogP contribution is -2.15. The van der Waals surface area contributed by atoms with E-state index in [9.17, 15) is 4.79 Å². The van der Waals surface area contributed by atoms with Crippen LogP contribution in [0.2, 0.25) is 0 Å². The molecule has 18 heavy (non-hydrogen) atoms. The molecule has 3 heterocycles. The molecule has 0 aliphatic carbocycles. The number of carbonyl (C=O) groups excluding carboxylic acids is 1. The van der Waals surface area contributed by atoms with Gasteiger partial charge in [0.25, 0.3) is 11.7 Å². The fourth-order valence-corrected chi connectivity index (χ4v) is 1.87. The third kappa shape index (κ3) is 2.09. The number of hydrogen-bond acceptors (Lipinski definition) is 6. The number of anilines is 1. The first kappa shape index (κ1) is 10.9. The van der Waals surface area contributed by atoms with E-state index >= 15 is 0 Å². The van der Waals surface area contributed by atoms with E-state index in [2.05, 4.69) is 31.0 Å². The monoisotopic (exact) mass is 248 g/mol. The largest absolute Gasteiger partial charge is 0.337 e. The van der Waals surface area contributed by atoms with E-state index in [1.54, 1.807) is 6.20 Å². The zero-order valence-electron chi connectivity index (χ0n) is 9.51. The third-order valence-electron chi connectivity index (χ3n) is 2.76. The van der Waals surface area contributed by atoms with Crippen LogP contribution in [0.15, 0.2) is 16.9 Å². The van der Waals surface area contributed by atoms with Gasteiger partial charge >= 0.3 is 0 Å². The lowest BCUT2D eigenvalue weighted by Gasteiger charge is -2.01. The maximum atomic E-state index is 11.8. The lowest BCUT2D eigenvalue weighted by molar-refractivity contribution is 0.101. The predicted molar refractivity (Wildman–Crippen MR) is 60.8 cm³/mol. The first-order chi connectivity index (χ1) is 8.83. The zero-order valence-corrected chi connectivity index (χ0v) is 9.51. The molecule has 2 aromatic heterocycles. The van der Waals surface area contributed by atoms with Crippen LogP contribution in [0, 0.1) is 0 Å². The topological polar surface area (TPSA) is 109 Å². The van der Waals surface area contributed by atoms with Crippen molar-refractivity contribution in [2.24, 2.45) is 0 Å². The smallest absolute Gasteiger partial charge is 0.297 e. The molecule has 1 saturated heterocycles. The van der Waals surface area contributed by atoms with Crippen LogP contribution in [0.4, 0.5) is 5.69 Å². The van der Waals surface area contributed by atoms with E-state index in [4.69, 9.17) is 4.52 Å². The molecule has 1 fully saturated rings. The zero-order chi connectivity index (χ0) is 12.4. The second-order valence-electron chi connectivity index (χ2n) is 4.05. The number of nitrogens with zero attached hydrogens (tertiary/aromatic N) is 3. The second kappa shape index (κ2) is 4.57. The highest BCUT2D eigenvalue weighted by atomic mass is 16.5. The normalized spacial score (nSPS) is 19.0. The third-order valence-corrected chi connectivity index (χ3v) is 2.76. The van der Waals surface area contributed by atoms with Gasteiger partial charge in [-0.25, -0.2) is 0 Å². The van der Waals surface area contributed by atoms with Gasteiger partial charge in [0, 0.05) is 6.20 Å². The number of rotatable bonds is 3. The van der Waals surface area contributed by atoms with E-state index in [-0.39, 0.29) is 11.9 Å². The van der Waals surface area contributed by atoms with Gasteiger partial charge in [-0.05, 0) is 19.4 Å². The SMILES string of the molecule is O=C(Nc1cn[nH]c1)c1noc(C2CCCN2)n1. The molecule has 0 spiro atoms. The van der Waals surface area contributed by atoms with Crippen LogP contribution in [-0.4, -0.2) is 32.8 Å². The van der Waals surface area contributed by atoms with Crippen LogP contribution in [0.5, 0.6) is 0 Å². The number of aromatic nitrogens is 4. The number of hydrogen-bond donors (Lipinski definition) is 3. The van der Waals surface area contributed by atoms with Crippen molar-refractivity contribution in [1.82, 2.24) is 25.7 Å². The molecular weight excluding hydrogens is 236 g/mol. The maximum absolute atomic E-state index is 11.8. The average Bonchev–Trinajstić information content (AvgIpc) is 3.11. The van der Waals surface area contributed by atoms with Crippen molar-refractivity contribution in [2.45, 2.75) is 18.9 Å². The van der Waals surface area contributed by atoms with Gasteiger partial charge in [-0.2, -0.15) is 10.1 Å². The molecule has 0 aromatic carbocycles. The van der Waals surface area contributed by atoms with Gasteiger partial charge < -0.3 is 15.2 Å². The minimum absolute atomic E-state index is 0.0277. The second-order valence-corrected chi connectivity index (χ2v) is 4.05. The van der Waals surface area contributed by atoms with E-state index in [0.717, 1.165) is 19.4 Å². The summed E-state index contributed by atoms with van der Waals surface area (Å²) in [6.45, 7) is 0.934. The summed E-state index contributed by atoms with van der Waals surface area (Å²) in [6, 6.07) is 0.0629. The number of carbonyl (C=O) groups is 1. The molecule has 1 aliphatic rings. The van der Waals surface area contributed by atoms with Crippen LogP contribution in [0.3, 0.4) is 0 Å². The molecule has 0 bridgehead atoms. The molecule has 1 unspecified atom stereocenters. The fourth-order valence-electron chi connectivity index (χ4n) is 1.87. The molecule has 0 saturated carbocycles. The Hall–Kier alpha value is -2.22. The molecular formula is C10H12N6O2. The highest BCUT2D eigenvalue weighted by Crippen LogP contribution is 2.21. The Labute approximate surface area is 102 Å². The number of nitrogens with one attached hydrogen (secondary N) is 3. The van der Waals surface area contributed by atoms with E-state index < -0.39 is 5.91 Å². The molecule has 3 rings (SSSR count). The number of H-pyrrole nitrogens is 1. The van der Waals surface area contributed by atoms with Crippen LogP contribution in [0.1, 0.15) is 35.4 Å². The summed E-state index contributed by atoms with van der Waals surface area (Å²) in [5.74, 6) is 0.0779. The molecule has 1 atom stereocenters. The minimum Gasteiger partial charge on any atom is -0.337 e. The van der Waals surface area contributed by atoms with Crippen molar-refractivity contribution in [3.05, 3.63) is 24.1 Å². The van der Waals surface area contributed by atoms with E-state index in [1.807, 2.05) is 0 Å². The summed E-state index contributed by atoms with van der Waals surface area (Å²) >= 11 is 0.